The van der Waals surface area contributed by atoms with Gasteiger partial charge in [0, 0.05) is 19.0 Å². The minimum absolute atomic E-state index is 0.0946. The van der Waals surface area contributed by atoms with Crippen LogP contribution < -0.4 is 5.32 Å². The lowest BCUT2D eigenvalue weighted by Gasteiger charge is -2.34. The standard InChI is InChI=1S/C14H24N2O3/c1-2-19-14(18)12-7-3-4-9-16(12)13(17)10-11-6-5-8-15-11/h11-12,15H,2-10H2,1H3. The molecule has 2 aliphatic rings. The van der Waals surface area contributed by atoms with Crippen LogP contribution in [0.5, 0.6) is 0 Å². The van der Waals surface area contributed by atoms with Gasteiger partial charge in [-0.05, 0) is 45.6 Å². The van der Waals surface area contributed by atoms with Gasteiger partial charge in [0.15, 0.2) is 0 Å². The van der Waals surface area contributed by atoms with Crippen molar-refractivity contribution in [1.82, 2.24) is 10.2 Å². The fourth-order valence-corrected chi connectivity index (χ4v) is 2.97. The maximum absolute atomic E-state index is 12.4. The van der Waals surface area contributed by atoms with Crippen LogP contribution >= 0.6 is 0 Å². The quantitative estimate of drug-likeness (QED) is 0.775. The Morgan fingerprint density at radius 1 is 1.26 bits per heavy atom. The summed E-state index contributed by atoms with van der Waals surface area (Å²) < 4.78 is 5.08. The molecule has 1 N–H and O–H groups in total. The first-order valence-electron chi connectivity index (χ1n) is 7.42. The van der Waals surface area contributed by atoms with E-state index in [-0.39, 0.29) is 24.0 Å². The zero-order valence-electron chi connectivity index (χ0n) is 11.7. The maximum atomic E-state index is 12.4. The van der Waals surface area contributed by atoms with Crippen LogP contribution in [0.3, 0.4) is 0 Å². The number of ether oxygens (including phenoxy) is 1. The summed E-state index contributed by atoms with van der Waals surface area (Å²) >= 11 is 0. The Hall–Kier alpha value is -1.10. The Kier molecular flexibility index (Phi) is 5.19. The van der Waals surface area contributed by atoms with E-state index in [4.69, 9.17) is 4.74 Å². The fourth-order valence-electron chi connectivity index (χ4n) is 2.97. The van der Waals surface area contributed by atoms with Crippen LogP contribution in [0.4, 0.5) is 0 Å². The van der Waals surface area contributed by atoms with Crippen LogP contribution in [0.25, 0.3) is 0 Å². The molecular formula is C14H24N2O3. The largest absolute Gasteiger partial charge is 0.464 e. The molecule has 2 atom stereocenters. The Labute approximate surface area is 114 Å². The molecule has 0 aromatic carbocycles. The van der Waals surface area contributed by atoms with Crippen LogP contribution in [0.15, 0.2) is 0 Å². The van der Waals surface area contributed by atoms with Crippen molar-refractivity contribution in [3.05, 3.63) is 0 Å². The number of hydrogen-bond acceptors (Lipinski definition) is 4. The second kappa shape index (κ2) is 6.89. The number of amides is 1. The average molecular weight is 268 g/mol. The molecule has 2 aliphatic heterocycles. The van der Waals surface area contributed by atoms with Crippen molar-refractivity contribution in [1.29, 1.82) is 0 Å². The molecule has 5 heteroatoms. The van der Waals surface area contributed by atoms with E-state index >= 15 is 0 Å². The number of esters is 1. The highest BCUT2D eigenvalue weighted by molar-refractivity contribution is 5.85. The molecule has 0 aromatic rings. The van der Waals surface area contributed by atoms with Gasteiger partial charge in [0.25, 0.3) is 0 Å². The number of carbonyl (C=O) groups excluding carboxylic acids is 2. The predicted octanol–water partition coefficient (Wildman–Crippen LogP) is 1.07. The van der Waals surface area contributed by atoms with E-state index in [0.717, 1.165) is 38.6 Å². The SMILES string of the molecule is CCOC(=O)C1CCCCN1C(=O)CC1CCCN1. The molecule has 0 radical (unpaired) electrons. The van der Waals surface area contributed by atoms with Gasteiger partial charge in [0.05, 0.1) is 6.61 Å². The van der Waals surface area contributed by atoms with Crippen LogP contribution in [-0.2, 0) is 14.3 Å². The van der Waals surface area contributed by atoms with Gasteiger partial charge in [-0.25, -0.2) is 4.79 Å². The monoisotopic (exact) mass is 268 g/mol. The second-order valence-electron chi connectivity index (χ2n) is 5.35. The highest BCUT2D eigenvalue weighted by atomic mass is 16.5. The van der Waals surface area contributed by atoms with E-state index in [0.29, 0.717) is 19.6 Å². The molecule has 108 valence electrons. The predicted molar refractivity (Wildman–Crippen MR) is 71.6 cm³/mol. The van der Waals surface area contributed by atoms with E-state index in [1.54, 1.807) is 11.8 Å². The third-order valence-corrected chi connectivity index (χ3v) is 3.97. The highest BCUT2D eigenvalue weighted by Gasteiger charge is 2.34. The number of nitrogens with zero attached hydrogens (tertiary/aromatic N) is 1. The first kappa shape index (κ1) is 14.3. The van der Waals surface area contributed by atoms with E-state index in [9.17, 15) is 9.59 Å². The van der Waals surface area contributed by atoms with E-state index in [1.165, 1.54) is 0 Å². The van der Waals surface area contributed by atoms with Crippen molar-refractivity contribution >= 4 is 11.9 Å². The third kappa shape index (κ3) is 3.69. The van der Waals surface area contributed by atoms with Gasteiger partial charge in [0.2, 0.25) is 5.91 Å². The lowest BCUT2D eigenvalue weighted by molar-refractivity contribution is -0.156. The number of piperidine rings is 1. The summed E-state index contributed by atoms with van der Waals surface area (Å²) in [6, 6.07) is -0.0696. The van der Waals surface area contributed by atoms with Gasteiger partial charge in [0.1, 0.15) is 6.04 Å². The number of likely N-dealkylation sites (tertiary alicyclic amines) is 1. The van der Waals surface area contributed by atoms with Gasteiger partial charge in [-0.15, -0.1) is 0 Å². The summed E-state index contributed by atoms with van der Waals surface area (Å²) in [7, 11) is 0. The Balaban J connectivity index is 1.93. The Morgan fingerprint density at radius 3 is 2.79 bits per heavy atom. The third-order valence-electron chi connectivity index (χ3n) is 3.97. The fraction of sp³-hybridized carbons (Fsp3) is 0.857. The Morgan fingerprint density at radius 2 is 2.11 bits per heavy atom. The first-order valence-corrected chi connectivity index (χ1v) is 7.42. The molecule has 19 heavy (non-hydrogen) atoms. The van der Waals surface area contributed by atoms with Crippen LogP contribution in [0.1, 0.15) is 45.4 Å². The molecule has 0 spiro atoms. The summed E-state index contributed by atoms with van der Waals surface area (Å²) in [6.45, 7) is 3.87. The summed E-state index contributed by atoms with van der Waals surface area (Å²) in [5, 5.41) is 3.33. The van der Waals surface area contributed by atoms with Crippen molar-refractivity contribution in [2.45, 2.75) is 57.5 Å². The van der Waals surface area contributed by atoms with Crippen LogP contribution in [0.2, 0.25) is 0 Å². The minimum atomic E-state index is -0.359. The molecule has 0 aromatic heterocycles. The molecule has 0 bridgehead atoms. The van der Waals surface area contributed by atoms with Crippen molar-refractivity contribution in [2.75, 3.05) is 19.7 Å². The maximum Gasteiger partial charge on any atom is 0.328 e. The van der Waals surface area contributed by atoms with Crippen molar-refractivity contribution in [2.24, 2.45) is 0 Å². The lowest BCUT2D eigenvalue weighted by Crippen LogP contribution is -2.49. The van der Waals surface area contributed by atoms with Gasteiger partial charge in [-0.1, -0.05) is 0 Å². The summed E-state index contributed by atoms with van der Waals surface area (Å²) in [4.78, 5) is 26.0. The van der Waals surface area contributed by atoms with Crippen molar-refractivity contribution < 1.29 is 14.3 Å². The highest BCUT2D eigenvalue weighted by Crippen LogP contribution is 2.21. The van der Waals surface area contributed by atoms with Gasteiger partial charge < -0.3 is 15.0 Å². The molecule has 2 unspecified atom stereocenters. The molecule has 0 aliphatic carbocycles. The molecule has 2 saturated heterocycles. The van der Waals surface area contributed by atoms with Crippen LogP contribution in [0, 0.1) is 0 Å². The zero-order valence-corrected chi connectivity index (χ0v) is 11.7. The molecule has 2 fully saturated rings. The van der Waals surface area contributed by atoms with Crippen LogP contribution in [-0.4, -0.2) is 48.6 Å². The molecular weight excluding hydrogens is 244 g/mol. The summed E-state index contributed by atoms with van der Waals surface area (Å²) in [5.74, 6) is -0.146. The zero-order chi connectivity index (χ0) is 13.7. The Bertz CT molecular complexity index is 327. The lowest BCUT2D eigenvalue weighted by atomic mass is 10.0. The summed E-state index contributed by atoms with van der Waals surface area (Å²) in [6.07, 6.45) is 5.43. The van der Waals surface area contributed by atoms with E-state index in [2.05, 4.69) is 5.32 Å². The number of hydrogen-bond donors (Lipinski definition) is 1. The number of rotatable bonds is 4. The number of nitrogens with one attached hydrogen (secondary N) is 1. The molecule has 5 nitrogen and oxygen atoms in total. The minimum Gasteiger partial charge on any atom is -0.464 e. The van der Waals surface area contributed by atoms with Gasteiger partial charge in [-0.3, -0.25) is 4.79 Å². The van der Waals surface area contributed by atoms with Crippen molar-refractivity contribution in [3.63, 3.8) is 0 Å². The van der Waals surface area contributed by atoms with E-state index < -0.39 is 0 Å². The first-order chi connectivity index (χ1) is 9.22. The normalized spacial score (nSPS) is 27.3. The summed E-state index contributed by atoms with van der Waals surface area (Å²) in [5.41, 5.74) is 0. The van der Waals surface area contributed by atoms with Gasteiger partial charge >= 0.3 is 5.97 Å². The smallest absolute Gasteiger partial charge is 0.328 e. The van der Waals surface area contributed by atoms with E-state index in [1.807, 2.05) is 0 Å². The molecule has 0 saturated carbocycles. The molecule has 2 rings (SSSR count). The molecule has 1 amide bonds. The second-order valence-corrected chi connectivity index (χ2v) is 5.35. The van der Waals surface area contributed by atoms with Gasteiger partial charge in [-0.2, -0.15) is 0 Å². The average Bonchev–Trinajstić information content (AvgIpc) is 2.92. The number of carbonyl (C=O) groups is 2. The topological polar surface area (TPSA) is 58.6 Å². The molecule has 2 heterocycles. The van der Waals surface area contributed by atoms with Crippen molar-refractivity contribution in [3.8, 4) is 0 Å².